The molecule has 0 unspecified atom stereocenters. The minimum absolute atomic E-state index is 0.0730. The van der Waals surface area contributed by atoms with Crippen molar-refractivity contribution in [2.45, 2.75) is 6.92 Å². The van der Waals surface area contributed by atoms with Crippen LogP contribution in [0.3, 0.4) is 0 Å². The van der Waals surface area contributed by atoms with Crippen LogP contribution in [0.5, 0.6) is 0 Å². The zero-order valence-corrected chi connectivity index (χ0v) is 11.2. The summed E-state index contributed by atoms with van der Waals surface area (Å²) in [6, 6.07) is 15.2. The predicted molar refractivity (Wildman–Crippen MR) is 79.8 cm³/mol. The Balaban J connectivity index is 2.32. The van der Waals surface area contributed by atoms with E-state index in [2.05, 4.69) is 4.98 Å². The van der Waals surface area contributed by atoms with Crippen LogP contribution in [0.15, 0.2) is 53.3 Å². The van der Waals surface area contributed by atoms with Gasteiger partial charge >= 0.3 is 0 Å². The molecule has 3 rings (SSSR count). The van der Waals surface area contributed by atoms with E-state index in [0.717, 1.165) is 22.2 Å². The summed E-state index contributed by atoms with van der Waals surface area (Å²) in [5.74, 6) is 0. The van der Waals surface area contributed by atoms with Crippen LogP contribution >= 0.6 is 11.6 Å². The minimum Gasteiger partial charge on any atom is -0.321 e. The van der Waals surface area contributed by atoms with Gasteiger partial charge in [-0.15, -0.1) is 0 Å². The summed E-state index contributed by atoms with van der Waals surface area (Å²) in [6.07, 6.45) is 0. The number of aromatic amines is 1. The average molecular weight is 270 g/mol. The summed E-state index contributed by atoms with van der Waals surface area (Å²) in [7, 11) is 0. The molecule has 0 amide bonds. The number of H-pyrrole nitrogens is 1. The fourth-order valence-corrected chi connectivity index (χ4v) is 2.44. The number of aryl methyl sites for hydroxylation is 1. The average Bonchev–Trinajstić information content (AvgIpc) is 2.40. The Hall–Kier alpha value is -2.06. The first-order valence-electron chi connectivity index (χ1n) is 6.04. The van der Waals surface area contributed by atoms with Gasteiger partial charge in [0.2, 0.25) is 0 Å². The number of fused-ring (bicyclic) bond motifs is 1. The van der Waals surface area contributed by atoms with Crippen molar-refractivity contribution in [1.29, 1.82) is 0 Å². The van der Waals surface area contributed by atoms with Gasteiger partial charge in [-0.1, -0.05) is 35.9 Å². The SMILES string of the molecule is Cc1cccc2c(=O)[nH]c(-c3cccc(Cl)c3)cc12. The van der Waals surface area contributed by atoms with E-state index in [4.69, 9.17) is 11.6 Å². The lowest BCUT2D eigenvalue weighted by Crippen LogP contribution is -2.07. The molecule has 2 nitrogen and oxygen atoms in total. The van der Waals surface area contributed by atoms with Crippen LogP contribution in [0.1, 0.15) is 5.56 Å². The minimum atomic E-state index is -0.0730. The molecule has 0 spiro atoms. The van der Waals surface area contributed by atoms with Gasteiger partial charge in [-0.3, -0.25) is 4.79 Å². The molecule has 0 aliphatic heterocycles. The largest absolute Gasteiger partial charge is 0.321 e. The van der Waals surface area contributed by atoms with Crippen molar-refractivity contribution in [1.82, 2.24) is 4.98 Å². The maximum absolute atomic E-state index is 12.1. The molecule has 1 heterocycles. The van der Waals surface area contributed by atoms with E-state index in [1.165, 1.54) is 0 Å². The van der Waals surface area contributed by atoms with E-state index in [1.54, 1.807) is 0 Å². The molecule has 1 N–H and O–H groups in total. The maximum atomic E-state index is 12.1. The Bertz CT molecular complexity index is 820. The van der Waals surface area contributed by atoms with Gasteiger partial charge in [0.1, 0.15) is 0 Å². The van der Waals surface area contributed by atoms with E-state index in [1.807, 2.05) is 55.5 Å². The molecule has 0 fully saturated rings. The van der Waals surface area contributed by atoms with Crippen LogP contribution in [-0.2, 0) is 0 Å². The van der Waals surface area contributed by atoms with Crippen molar-refractivity contribution in [2.24, 2.45) is 0 Å². The molecule has 19 heavy (non-hydrogen) atoms. The summed E-state index contributed by atoms with van der Waals surface area (Å²) in [5.41, 5.74) is 2.71. The van der Waals surface area contributed by atoms with Gasteiger partial charge in [-0.25, -0.2) is 0 Å². The third-order valence-corrected chi connectivity index (χ3v) is 3.48. The molecule has 1 aromatic heterocycles. The molecule has 0 bridgehead atoms. The van der Waals surface area contributed by atoms with Gasteiger partial charge in [0, 0.05) is 16.1 Å². The monoisotopic (exact) mass is 269 g/mol. The van der Waals surface area contributed by atoms with Gasteiger partial charge < -0.3 is 4.98 Å². The summed E-state index contributed by atoms with van der Waals surface area (Å²) in [6.45, 7) is 2.00. The summed E-state index contributed by atoms with van der Waals surface area (Å²) < 4.78 is 0. The second kappa shape index (κ2) is 4.56. The standard InChI is InChI=1S/C16H12ClNO/c1-10-4-2-7-13-14(10)9-15(18-16(13)19)11-5-3-6-12(17)8-11/h2-9H,1H3,(H,18,19). The van der Waals surface area contributed by atoms with E-state index in [9.17, 15) is 4.79 Å². The topological polar surface area (TPSA) is 32.9 Å². The van der Waals surface area contributed by atoms with Crippen molar-refractivity contribution in [3.05, 3.63) is 69.5 Å². The van der Waals surface area contributed by atoms with Gasteiger partial charge in [0.25, 0.3) is 5.56 Å². The van der Waals surface area contributed by atoms with E-state index < -0.39 is 0 Å². The van der Waals surface area contributed by atoms with Crippen molar-refractivity contribution in [2.75, 3.05) is 0 Å². The molecule has 2 aromatic carbocycles. The highest BCUT2D eigenvalue weighted by atomic mass is 35.5. The molecule has 0 saturated heterocycles. The number of pyridine rings is 1. The second-order valence-electron chi connectivity index (χ2n) is 4.56. The normalized spacial score (nSPS) is 10.8. The maximum Gasteiger partial charge on any atom is 0.256 e. The zero-order chi connectivity index (χ0) is 13.4. The molecular formula is C16H12ClNO. The van der Waals surface area contributed by atoms with Crippen LogP contribution in [0.25, 0.3) is 22.0 Å². The molecule has 0 saturated carbocycles. The quantitative estimate of drug-likeness (QED) is 0.707. The lowest BCUT2D eigenvalue weighted by atomic mass is 10.0. The lowest BCUT2D eigenvalue weighted by molar-refractivity contribution is 1.27. The molecule has 0 radical (unpaired) electrons. The first kappa shape index (κ1) is 12.0. The van der Waals surface area contributed by atoms with E-state index >= 15 is 0 Å². The number of halogens is 1. The highest BCUT2D eigenvalue weighted by Crippen LogP contribution is 2.24. The zero-order valence-electron chi connectivity index (χ0n) is 10.4. The Morgan fingerprint density at radius 2 is 1.79 bits per heavy atom. The molecule has 0 atom stereocenters. The number of nitrogens with one attached hydrogen (secondary N) is 1. The number of hydrogen-bond donors (Lipinski definition) is 1. The molecule has 0 aliphatic rings. The second-order valence-corrected chi connectivity index (χ2v) is 5.00. The van der Waals surface area contributed by atoms with Crippen molar-refractivity contribution >= 4 is 22.4 Å². The lowest BCUT2D eigenvalue weighted by Gasteiger charge is -2.06. The molecule has 3 heteroatoms. The molecule has 0 aliphatic carbocycles. The van der Waals surface area contributed by atoms with Crippen molar-refractivity contribution in [3.8, 4) is 11.3 Å². The van der Waals surface area contributed by atoms with Crippen molar-refractivity contribution < 1.29 is 0 Å². The number of aromatic nitrogens is 1. The van der Waals surface area contributed by atoms with Gasteiger partial charge in [0.15, 0.2) is 0 Å². The smallest absolute Gasteiger partial charge is 0.256 e. The number of rotatable bonds is 1. The van der Waals surface area contributed by atoms with E-state index in [0.29, 0.717) is 10.4 Å². The van der Waals surface area contributed by atoms with Gasteiger partial charge in [-0.05, 0) is 47.7 Å². The van der Waals surface area contributed by atoms with E-state index in [-0.39, 0.29) is 5.56 Å². The number of benzene rings is 2. The highest BCUT2D eigenvalue weighted by Gasteiger charge is 2.06. The fraction of sp³-hybridized carbons (Fsp3) is 0.0625. The fourth-order valence-electron chi connectivity index (χ4n) is 2.25. The van der Waals surface area contributed by atoms with Crippen molar-refractivity contribution in [3.63, 3.8) is 0 Å². The van der Waals surface area contributed by atoms with Gasteiger partial charge in [0.05, 0.1) is 0 Å². The van der Waals surface area contributed by atoms with Crippen LogP contribution in [-0.4, -0.2) is 4.98 Å². The van der Waals surface area contributed by atoms with Crippen LogP contribution in [0.4, 0.5) is 0 Å². The third-order valence-electron chi connectivity index (χ3n) is 3.24. The first-order valence-corrected chi connectivity index (χ1v) is 6.41. The summed E-state index contributed by atoms with van der Waals surface area (Å²) >= 11 is 5.99. The van der Waals surface area contributed by atoms with Crippen LogP contribution in [0, 0.1) is 6.92 Å². The Morgan fingerprint density at radius 1 is 1.00 bits per heavy atom. The van der Waals surface area contributed by atoms with Gasteiger partial charge in [-0.2, -0.15) is 0 Å². The first-order chi connectivity index (χ1) is 9.15. The Kier molecular flexibility index (Phi) is 2.88. The third kappa shape index (κ3) is 2.15. The Morgan fingerprint density at radius 3 is 2.58 bits per heavy atom. The Labute approximate surface area is 115 Å². The molecule has 3 aromatic rings. The predicted octanol–water partition coefficient (Wildman–Crippen LogP) is 4.16. The molecule has 94 valence electrons. The summed E-state index contributed by atoms with van der Waals surface area (Å²) in [4.78, 5) is 15.0. The number of hydrogen-bond acceptors (Lipinski definition) is 1. The summed E-state index contributed by atoms with van der Waals surface area (Å²) in [5, 5.41) is 2.34. The van der Waals surface area contributed by atoms with Crippen LogP contribution in [0.2, 0.25) is 5.02 Å². The molecular weight excluding hydrogens is 258 g/mol. The van der Waals surface area contributed by atoms with Crippen LogP contribution < -0.4 is 5.56 Å². The highest BCUT2D eigenvalue weighted by molar-refractivity contribution is 6.30.